The maximum Gasteiger partial charge on any atom is 0.419 e. The van der Waals surface area contributed by atoms with E-state index < -0.39 is 45.6 Å². The summed E-state index contributed by atoms with van der Waals surface area (Å²) in [5, 5.41) is 21.2. The van der Waals surface area contributed by atoms with E-state index in [1.54, 1.807) is 12.1 Å². The van der Waals surface area contributed by atoms with Crippen LogP contribution in [-0.2, 0) is 6.18 Å². The first-order valence-electron chi connectivity index (χ1n) is 11.0. The first-order chi connectivity index (χ1) is 18.0. The quantitative estimate of drug-likeness (QED) is 0.114. The molecule has 4 rings (SSSR count). The van der Waals surface area contributed by atoms with Crippen LogP contribution in [0.5, 0.6) is 11.5 Å². The third-order valence-electron chi connectivity index (χ3n) is 5.51. The van der Waals surface area contributed by atoms with Gasteiger partial charge >= 0.3 is 17.8 Å². The summed E-state index contributed by atoms with van der Waals surface area (Å²) < 4.78 is 58.5. The fourth-order valence-electron chi connectivity index (χ4n) is 3.68. The molecular weight excluding hydrogens is 506 g/mol. The fraction of sp³-hybridized carbons (Fsp3) is 0.0357. The van der Waals surface area contributed by atoms with E-state index in [-0.39, 0.29) is 16.7 Å². The van der Waals surface area contributed by atoms with Gasteiger partial charge in [-0.3, -0.25) is 10.1 Å². The number of carboxylic acids is 1. The van der Waals surface area contributed by atoms with Crippen molar-refractivity contribution in [2.75, 3.05) is 0 Å². The first kappa shape index (κ1) is 26.1. The molecule has 0 heterocycles. The van der Waals surface area contributed by atoms with Crippen molar-refractivity contribution in [2.24, 2.45) is 0 Å². The standard InChI is InChI=1S/C28H17F4NO5/c29-21-11-8-18(9-12-21)19-10-13-22(27(34)35)20(16-19)7-5-17-6-14-26(24(15-17)33(36)37)38-25-4-2-1-3-23(25)28(30,31)32/h1-16H,(H,34,35). The number of halogens is 4. The molecule has 4 aromatic rings. The molecule has 4 aromatic carbocycles. The smallest absolute Gasteiger partial charge is 0.419 e. The number of carbonyl (C=O) groups is 1. The van der Waals surface area contributed by atoms with Gasteiger partial charge in [-0.1, -0.05) is 48.6 Å². The second kappa shape index (κ2) is 10.6. The number of nitro benzene ring substituents is 1. The molecular formula is C28H17F4NO5. The lowest BCUT2D eigenvalue weighted by Crippen LogP contribution is -2.07. The summed E-state index contributed by atoms with van der Waals surface area (Å²) in [5.41, 5.74) is 0.119. The van der Waals surface area contributed by atoms with Crippen molar-refractivity contribution in [1.29, 1.82) is 0 Å². The predicted octanol–water partition coefficient (Wildman–Crippen LogP) is 8.08. The van der Waals surface area contributed by atoms with Crippen LogP contribution in [0.1, 0.15) is 27.0 Å². The van der Waals surface area contributed by atoms with Crippen molar-refractivity contribution < 1.29 is 37.1 Å². The van der Waals surface area contributed by atoms with E-state index in [1.165, 1.54) is 60.7 Å². The minimum atomic E-state index is -4.72. The summed E-state index contributed by atoms with van der Waals surface area (Å²) in [6, 6.07) is 18.2. The van der Waals surface area contributed by atoms with Gasteiger partial charge in [-0.15, -0.1) is 0 Å². The topological polar surface area (TPSA) is 89.7 Å². The van der Waals surface area contributed by atoms with Gasteiger partial charge < -0.3 is 9.84 Å². The molecule has 0 amide bonds. The lowest BCUT2D eigenvalue weighted by Gasteiger charge is -2.13. The molecule has 0 aliphatic heterocycles. The van der Waals surface area contributed by atoms with Crippen LogP contribution in [0, 0.1) is 15.9 Å². The van der Waals surface area contributed by atoms with Gasteiger partial charge in [-0.25, -0.2) is 9.18 Å². The maximum atomic E-state index is 13.3. The fourth-order valence-corrected chi connectivity index (χ4v) is 3.68. The highest BCUT2D eigenvalue weighted by Gasteiger charge is 2.34. The zero-order valence-electron chi connectivity index (χ0n) is 19.3. The number of benzene rings is 4. The average Bonchev–Trinajstić information content (AvgIpc) is 2.88. The second-order valence-electron chi connectivity index (χ2n) is 8.03. The molecule has 0 saturated carbocycles. The molecule has 0 fully saturated rings. The van der Waals surface area contributed by atoms with Gasteiger partial charge in [0.15, 0.2) is 0 Å². The largest absolute Gasteiger partial charge is 0.478 e. The monoisotopic (exact) mass is 523 g/mol. The van der Waals surface area contributed by atoms with E-state index >= 15 is 0 Å². The number of nitro groups is 1. The SMILES string of the molecule is O=C(O)c1ccc(-c2ccc(F)cc2)cc1C=Cc1ccc(Oc2ccccc2C(F)(F)F)c([N+](=O)[O-])c1. The summed E-state index contributed by atoms with van der Waals surface area (Å²) >= 11 is 0. The Balaban J connectivity index is 1.69. The van der Waals surface area contributed by atoms with Crippen molar-refractivity contribution in [2.45, 2.75) is 6.18 Å². The van der Waals surface area contributed by atoms with Gasteiger partial charge in [0.1, 0.15) is 11.6 Å². The van der Waals surface area contributed by atoms with Crippen molar-refractivity contribution in [3.63, 3.8) is 0 Å². The molecule has 38 heavy (non-hydrogen) atoms. The molecule has 0 bridgehead atoms. The average molecular weight is 523 g/mol. The Morgan fingerprint density at radius 1 is 0.868 bits per heavy atom. The number of alkyl halides is 3. The van der Waals surface area contributed by atoms with Gasteiger partial charge in [0, 0.05) is 6.07 Å². The van der Waals surface area contributed by atoms with E-state index in [4.69, 9.17) is 4.74 Å². The Labute approximate surface area is 213 Å². The highest BCUT2D eigenvalue weighted by atomic mass is 19.4. The van der Waals surface area contributed by atoms with Crippen LogP contribution in [0.25, 0.3) is 23.3 Å². The van der Waals surface area contributed by atoms with E-state index in [1.807, 2.05) is 0 Å². The molecule has 192 valence electrons. The molecule has 0 aliphatic rings. The Morgan fingerprint density at radius 3 is 2.21 bits per heavy atom. The number of carboxylic acid groups (broad SMARTS) is 1. The Hall–Kier alpha value is -4.99. The number of aromatic carboxylic acids is 1. The molecule has 0 aromatic heterocycles. The number of hydrogen-bond donors (Lipinski definition) is 1. The molecule has 0 atom stereocenters. The maximum absolute atomic E-state index is 13.3. The first-order valence-corrected chi connectivity index (χ1v) is 11.0. The Morgan fingerprint density at radius 2 is 1.55 bits per heavy atom. The summed E-state index contributed by atoms with van der Waals surface area (Å²) in [6.07, 6.45) is -1.86. The van der Waals surface area contributed by atoms with Crippen molar-refractivity contribution >= 4 is 23.8 Å². The van der Waals surface area contributed by atoms with Gasteiger partial charge in [0.2, 0.25) is 5.75 Å². The van der Waals surface area contributed by atoms with Gasteiger partial charge in [0.05, 0.1) is 16.1 Å². The molecule has 0 saturated heterocycles. The highest BCUT2D eigenvalue weighted by molar-refractivity contribution is 5.94. The summed E-state index contributed by atoms with van der Waals surface area (Å²) in [4.78, 5) is 22.6. The number of para-hydroxylation sites is 1. The van der Waals surface area contributed by atoms with Crippen LogP contribution >= 0.6 is 0 Å². The summed E-state index contributed by atoms with van der Waals surface area (Å²) in [6.45, 7) is 0. The molecule has 0 aliphatic carbocycles. The second-order valence-corrected chi connectivity index (χ2v) is 8.03. The van der Waals surface area contributed by atoms with Crippen LogP contribution < -0.4 is 4.74 Å². The normalized spacial score (nSPS) is 11.5. The number of ether oxygens (including phenoxy) is 1. The van der Waals surface area contributed by atoms with Crippen LogP contribution in [0.4, 0.5) is 23.2 Å². The minimum absolute atomic E-state index is 0.0367. The molecule has 0 unspecified atom stereocenters. The van der Waals surface area contributed by atoms with E-state index in [9.17, 15) is 37.6 Å². The van der Waals surface area contributed by atoms with Crippen molar-refractivity contribution in [3.8, 4) is 22.6 Å². The van der Waals surface area contributed by atoms with E-state index in [2.05, 4.69) is 0 Å². The van der Waals surface area contributed by atoms with Gasteiger partial charge in [-0.2, -0.15) is 13.2 Å². The minimum Gasteiger partial charge on any atom is -0.478 e. The Kier molecular flexibility index (Phi) is 7.24. The lowest BCUT2D eigenvalue weighted by atomic mass is 9.98. The zero-order chi connectivity index (χ0) is 27.4. The van der Waals surface area contributed by atoms with Gasteiger partial charge in [0.25, 0.3) is 0 Å². The van der Waals surface area contributed by atoms with Crippen LogP contribution in [0.3, 0.4) is 0 Å². The van der Waals surface area contributed by atoms with E-state index in [0.717, 1.165) is 24.3 Å². The zero-order valence-corrected chi connectivity index (χ0v) is 19.3. The van der Waals surface area contributed by atoms with Crippen molar-refractivity contribution in [1.82, 2.24) is 0 Å². The summed E-state index contributed by atoms with van der Waals surface area (Å²) in [5.74, 6) is -2.61. The number of hydrogen-bond acceptors (Lipinski definition) is 4. The molecule has 1 N–H and O–H groups in total. The van der Waals surface area contributed by atoms with Crippen molar-refractivity contribution in [3.05, 3.63) is 123 Å². The summed E-state index contributed by atoms with van der Waals surface area (Å²) in [7, 11) is 0. The third-order valence-corrected chi connectivity index (χ3v) is 5.51. The Bertz CT molecular complexity index is 1550. The number of nitrogens with zero attached hydrogens (tertiary/aromatic N) is 1. The predicted molar refractivity (Wildman–Crippen MR) is 132 cm³/mol. The molecule has 0 radical (unpaired) electrons. The molecule has 6 nitrogen and oxygen atoms in total. The van der Waals surface area contributed by atoms with Crippen LogP contribution in [-0.4, -0.2) is 16.0 Å². The third kappa shape index (κ3) is 5.86. The lowest BCUT2D eigenvalue weighted by molar-refractivity contribution is -0.385. The van der Waals surface area contributed by atoms with Crippen LogP contribution in [0.15, 0.2) is 84.9 Å². The van der Waals surface area contributed by atoms with Gasteiger partial charge in [-0.05, 0) is 64.7 Å². The van der Waals surface area contributed by atoms with Crippen LogP contribution in [0.2, 0.25) is 0 Å². The highest BCUT2D eigenvalue weighted by Crippen LogP contribution is 2.40. The molecule has 10 heteroatoms. The van der Waals surface area contributed by atoms with E-state index in [0.29, 0.717) is 11.1 Å². The number of rotatable bonds is 7. The molecule has 0 spiro atoms.